The average molecular weight is 521 g/mol. The Hall–Kier alpha value is -3.34. The summed E-state index contributed by atoms with van der Waals surface area (Å²) in [5, 5.41) is 7.29. The van der Waals surface area contributed by atoms with E-state index in [1.807, 2.05) is 0 Å². The summed E-state index contributed by atoms with van der Waals surface area (Å²) < 4.78 is 78.8. The van der Waals surface area contributed by atoms with Crippen molar-refractivity contribution in [2.45, 2.75) is 37.8 Å². The van der Waals surface area contributed by atoms with Gasteiger partial charge in [-0.2, -0.15) is 27.5 Å². The molecule has 188 valence electrons. The third kappa shape index (κ3) is 5.04. The molecular formula is C18H16F5N7O4S. The Labute approximate surface area is 197 Å². The average Bonchev–Trinajstić information content (AvgIpc) is 3.26. The molecule has 35 heavy (non-hydrogen) atoms. The lowest BCUT2D eigenvalue weighted by Crippen LogP contribution is -2.53. The maximum absolute atomic E-state index is 13.2. The molecule has 0 aliphatic carbocycles. The quantitative estimate of drug-likeness (QED) is 0.451. The summed E-state index contributed by atoms with van der Waals surface area (Å²) in [6.07, 6.45) is -6.16. The van der Waals surface area contributed by atoms with Crippen molar-refractivity contribution >= 4 is 29.1 Å². The van der Waals surface area contributed by atoms with Gasteiger partial charge < -0.3 is 19.5 Å². The summed E-state index contributed by atoms with van der Waals surface area (Å²) in [7, 11) is 0. The number of aryl methyl sites for hydroxylation is 1. The van der Waals surface area contributed by atoms with Gasteiger partial charge in [0.05, 0.1) is 25.1 Å². The molecule has 1 amide bonds. The highest BCUT2D eigenvalue weighted by Crippen LogP contribution is 2.47. The maximum Gasteiger partial charge on any atom is 0.414 e. The van der Waals surface area contributed by atoms with E-state index in [0.29, 0.717) is 0 Å². The zero-order valence-corrected chi connectivity index (χ0v) is 18.5. The molecule has 11 nitrogen and oxygen atoms in total. The minimum Gasteiger partial charge on any atom is -0.462 e. The molecule has 0 radical (unpaired) electrons. The van der Waals surface area contributed by atoms with E-state index in [1.165, 1.54) is 12.3 Å². The lowest BCUT2D eigenvalue weighted by molar-refractivity contribution is -0.249. The highest BCUT2D eigenvalue weighted by atomic mass is 32.1. The SMILES string of the molecule is Cc1nc(OC(F)F)cnc1C(=O)Nc1csc([C@]23CO[C@@H](C(F)(F)F)C[C@H]2COC(N=N)=N3)n1. The molecule has 2 aromatic rings. The van der Waals surface area contributed by atoms with Gasteiger partial charge in [-0.15, -0.1) is 16.5 Å². The first-order chi connectivity index (χ1) is 16.5. The largest absolute Gasteiger partial charge is 0.462 e. The fraction of sp³-hybridized carbons (Fsp3) is 0.500. The van der Waals surface area contributed by atoms with Crippen LogP contribution in [0.3, 0.4) is 0 Å². The van der Waals surface area contributed by atoms with Gasteiger partial charge in [0.2, 0.25) is 5.88 Å². The van der Waals surface area contributed by atoms with E-state index in [2.05, 4.69) is 35.1 Å². The zero-order valence-electron chi connectivity index (χ0n) is 17.7. The van der Waals surface area contributed by atoms with Gasteiger partial charge in [-0.1, -0.05) is 0 Å². The molecular weight excluding hydrogens is 505 g/mol. The Morgan fingerprint density at radius 2 is 2.17 bits per heavy atom. The molecule has 17 heteroatoms. The summed E-state index contributed by atoms with van der Waals surface area (Å²) in [6.45, 7) is -2.40. The molecule has 2 aliphatic heterocycles. The van der Waals surface area contributed by atoms with Gasteiger partial charge in [0.1, 0.15) is 22.1 Å². The minimum absolute atomic E-state index is 0.0179. The fourth-order valence-corrected chi connectivity index (χ4v) is 4.64. The number of aliphatic imine (C=N–C) groups is 1. The molecule has 4 heterocycles. The van der Waals surface area contributed by atoms with Crippen molar-refractivity contribution in [1.29, 1.82) is 5.53 Å². The van der Waals surface area contributed by atoms with Crippen LogP contribution in [-0.2, 0) is 15.0 Å². The van der Waals surface area contributed by atoms with Crippen LogP contribution in [0.4, 0.5) is 27.8 Å². The number of carbonyl (C=O) groups excluding carboxylic acids is 1. The van der Waals surface area contributed by atoms with Gasteiger partial charge in [0, 0.05) is 11.3 Å². The Bertz CT molecular complexity index is 1160. The van der Waals surface area contributed by atoms with Crippen molar-refractivity contribution in [3.05, 3.63) is 28.0 Å². The lowest BCUT2D eigenvalue weighted by atomic mass is 9.79. The Morgan fingerprint density at radius 1 is 1.40 bits per heavy atom. The van der Waals surface area contributed by atoms with E-state index >= 15 is 0 Å². The summed E-state index contributed by atoms with van der Waals surface area (Å²) in [4.78, 5) is 28.7. The number of rotatable bonds is 5. The van der Waals surface area contributed by atoms with Gasteiger partial charge in [-0.25, -0.2) is 19.9 Å². The first-order valence-electron chi connectivity index (χ1n) is 9.86. The highest BCUT2D eigenvalue weighted by molar-refractivity contribution is 7.10. The van der Waals surface area contributed by atoms with Crippen molar-refractivity contribution in [1.82, 2.24) is 15.0 Å². The standard InChI is InChI=1S/C18H16F5N7O4S/c1-7-12(25-3-11(26-7)34-15(19)20)13(31)27-10-5-35-14(28-10)17-6-33-9(18(21,22)23)2-8(17)4-32-16(29-17)30-24/h3,5,8-9,15,24H,2,4,6H2,1H3,(H,27,31)/t8-,9+,17-/m0/s1. The Balaban J connectivity index is 1.57. The van der Waals surface area contributed by atoms with Crippen LogP contribution < -0.4 is 10.1 Å². The molecule has 0 spiro atoms. The predicted molar refractivity (Wildman–Crippen MR) is 108 cm³/mol. The molecule has 0 bridgehead atoms. The summed E-state index contributed by atoms with van der Waals surface area (Å²) in [6, 6.07) is -0.326. The van der Waals surface area contributed by atoms with Crippen LogP contribution in [-0.4, -0.2) is 59.0 Å². The first kappa shape index (κ1) is 24.8. The summed E-state index contributed by atoms with van der Waals surface area (Å²) in [5.41, 5.74) is 5.62. The van der Waals surface area contributed by atoms with Crippen LogP contribution in [0.2, 0.25) is 0 Å². The number of aromatic nitrogens is 3. The van der Waals surface area contributed by atoms with E-state index in [1.54, 1.807) is 0 Å². The van der Waals surface area contributed by atoms with Gasteiger partial charge in [0.25, 0.3) is 5.91 Å². The van der Waals surface area contributed by atoms with E-state index < -0.39 is 55.2 Å². The Kier molecular flexibility index (Phi) is 6.63. The molecule has 2 N–H and O–H groups in total. The number of carbonyl (C=O) groups is 1. The van der Waals surface area contributed by atoms with Crippen LogP contribution >= 0.6 is 11.3 Å². The minimum atomic E-state index is -4.58. The third-order valence-corrected chi connectivity index (χ3v) is 6.32. The van der Waals surface area contributed by atoms with Crippen LogP contribution in [0.15, 0.2) is 21.7 Å². The number of hydrogen-bond acceptors (Lipinski definition) is 11. The van der Waals surface area contributed by atoms with Crippen LogP contribution in [0.25, 0.3) is 0 Å². The summed E-state index contributed by atoms with van der Waals surface area (Å²) in [5.74, 6) is -1.95. The number of anilines is 1. The first-order valence-corrected chi connectivity index (χ1v) is 10.7. The molecule has 1 fully saturated rings. The molecule has 0 aromatic carbocycles. The van der Waals surface area contributed by atoms with Gasteiger partial charge in [-0.3, -0.25) is 4.79 Å². The molecule has 0 unspecified atom stereocenters. The number of hydrogen-bond donors (Lipinski definition) is 2. The smallest absolute Gasteiger partial charge is 0.414 e. The fourth-order valence-electron chi connectivity index (χ4n) is 3.68. The van der Waals surface area contributed by atoms with Crippen LogP contribution in [0.1, 0.15) is 27.6 Å². The van der Waals surface area contributed by atoms with Crippen molar-refractivity contribution in [3.8, 4) is 5.88 Å². The number of nitrogens with zero attached hydrogens (tertiary/aromatic N) is 5. The number of ether oxygens (including phenoxy) is 3. The van der Waals surface area contributed by atoms with E-state index in [0.717, 1.165) is 17.5 Å². The summed E-state index contributed by atoms with van der Waals surface area (Å²) >= 11 is 1.01. The van der Waals surface area contributed by atoms with Crippen LogP contribution in [0.5, 0.6) is 5.88 Å². The number of amides is 1. The molecule has 3 atom stereocenters. The second-order valence-corrected chi connectivity index (χ2v) is 8.39. The van der Waals surface area contributed by atoms with Crippen molar-refractivity contribution in [3.63, 3.8) is 0 Å². The zero-order chi connectivity index (χ0) is 25.4. The van der Waals surface area contributed by atoms with Gasteiger partial charge in [0.15, 0.2) is 6.10 Å². The number of halogens is 5. The number of nitrogens with one attached hydrogen (secondary N) is 2. The topological polar surface area (TPSA) is 144 Å². The van der Waals surface area contributed by atoms with E-state index in [-0.39, 0.29) is 34.8 Å². The number of alkyl halides is 5. The van der Waals surface area contributed by atoms with Crippen molar-refractivity contribution < 1.29 is 41.0 Å². The van der Waals surface area contributed by atoms with E-state index in [4.69, 9.17) is 15.0 Å². The van der Waals surface area contributed by atoms with Crippen LogP contribution in [0, 0.1) is 18.4 Å². The van der Waals surface area contributed by atoms with Crippen molar-refractivity contribution in [2.24, 2.45) is 16.0 Å². The number of fused-ring (bicyclic) bond motifs is 1. The monoisotopic (exact) mass is 521 g/mol. The third-order valence-electron chi connectivity index (χ3n) is 5.31. The second-order valence-electron chi connectivity index (χ2n) is 7.53. The van der Waals surface area contributed by atoms with E-state index in [9.17, 15) is 26.7 Å². The normalized spacial score (nSPS) is 24.3. The Morgan fingerprint density at radius 3 is 2.83 bits per heavy atom. The predicted octanol–water partition coefficient (Wildman–Crippen LogP) is 3.68. The molecule has 0 saturated carbocycles. The molecule has 2 aliphatic rings. The molecule has 2 aromatic heterocycles. The number of thiazole rings is 1. The van der Waals surface area contributed by atoms with Crippen molar-refractivity contribution in [2.75, 3.05) is 18.5 Å². The molecule has 1 saturated heterocycles. The lowest BCUT2D eigenvalue weighted by Gasteiger charge is -2.44. The number of amidine groups is 1. The highest BCUT2D eigenvalue weighted by Gasteiger charge is 2.56. The maximum atomic E-state index is 13.2. The van der Waals surface area contributed by atoms with Gasteiger partial charge in [-0.05, 0) is 13.3 Å². The second kappa shape index (κ2) is 9.37. The molecule has 4 rings (SSSR count). The van der Waals surface area contributed by atoms with Gasteiger partial charge >= 0.3 is 18.8 Å².